The fourth-order valence-corrected chi connectivity index (χ4v) is 4.29. The van der Waals surface area contributed by atoms with Crippen molar-refractivity contribution >= 4 is 11.8 Å². The molecule has 1 aromatic carbocycles. The van der Waals surface area contributed by atoms with Gasteiger partial charge < -0.3 is 15.2 Å². The molecule has 162 valence electrons. The van der Waals surface area contributed by atoms with E-state index in [0.29, 0.717) is 5.75 Å². The van der Waals surface area contributed by atoms with Crippen LogP contribution in [0.2, 0.25) is 0 Å². The van der Waals surface area contributed by atoms with Crippen molar-refractivity contribution in [2.45, 2.75) is 44.6 Å². The summed E-state index contributed by atoms with van der Waals surface area (Å²) in [6, 6.07) is 6.32. The van der Waals surface area contributed by atoms with Gasteiger partial charge in [-0.25, -0.2) is 9.37 Å². The highest BCUT2D eigenvalue weighted by molar-refractivity contribution is 5.72. The van der Waals surface area contributed by atoms with Gasteiger partial charge in [0, 0.05) is 42.7 Å². The molecular formula is C24H27FN4O2. The van der Waals surface area contributed by atoms with Gasteiger partial charge in [-0.3, -0.25) is 9.47 Å². The molecule has 6 nitrogen and oxygen atoms in total. The molecule has 31 heavy (non-hydrogen) atoms. The lowest BCUT2D eigenvalue weighted by Gasteiger charge is -2.44. The minimum Gasteiger partial charge on any atom is -0.488 e. The first-order chi connectivity index (χ1) is 15.1. The van der Waals surface area contributed by atoms with Crippen molar-refractivity contribution < 1.29 is 14.2 Å². The maximum absolute atomic E-state index is 13.4. The van der Waals surface area contributed by atoms with Crippen molar-refractivity contribution in [3.8, 4) is 5.75 Å². The van der Waals surface area contributed by atoms with Crippen LogP contribution in [0.4, 0.5) is 4.39 Å². The summed E-state index contributed by atoms with van der Waals surface area (Å²) in [5.41, 5.74) is 2.76. The molecule has 1 saturated heterocycles. The largest absolute Gasteiger partial charge is 0.488 e. The number of rotatable bonds is 5. The highest BCUT2D eigenvalue weighted by Gasteiger charge is 2.35. The van der Waals surface area contributed by atoms with Gasteiger partial charge in [0.25, 0.3) is 0 Å². The predicted molar refractivity (Wildman–Crippen MR) is 117 cm³/mol. The van der Waals surface area contributed by atoms with Crippen LogP contribution in [0.25, 0.3) is 11.8 Å². The molecule has 0 amide bonds. The van der Waals surface area contributed by atoms with Gasteiger partial charge >= 0.3 is 0 Å². The zero-order chi connectivity index (χ0) is 21.4. The molecule has 0 radical (unpaired) electrons. The summed E-state index contributed by atoms with van der Waals surface area (Å²) in [6.07, 6.45) is 12.8. The second kappa shape index (κ2) is 8.32. The van der Waals surface area contributed by atoms with E-state index in [1.165, 1.54) is 12.1 Å². The summed E-state index contributed by atoms with van der Waals surface area (Å²) < 4.78 is 21.2. The van der Waals surface area contributed by atoms with Crippen LogP contribution in [0.3, 0.4) is 0 Å². The highest BCUT2D eigenvalue weighted by Crippen LogP contribution is 2.30. The number of nitrogens with zero attached hydrogens (tertiary/aromatic N) is 3. The van der Waals surface area contributed by atoms with E-state index in [9.17, 15) is 9.50 Å². The van der Waals surface area contributed by atoms with Crippen LogP contribution >= 0.6 is 0 Å². The normalized spacial score (nSPS) is 22.5. The molecule has 0 bridgehead atoms. The fraction of sp³-hybridized carbons (Fsp3) is 0.375. The zero-order valence-corrected chi connectivity index (χ0v) is 17.5. The summed E-state index contributed by atoms with van der Waals surface area (Å²) >= 11 is 0. The molecule has 1 fully saturated rings. The van der Waals surface area contributed by atoms with E-state index in [1.807, 2.05) is 10.8 Å². The Labute approximate surface area is 181 Å². The van der Waals surface area contributed by atoms with Gasteiger partial charge in [0.05, 0.1) is 11.9 Å². The molecule has 2 N–H and O–H groups in total. The molecule has 2 aromatic rings. The van der Waals surface area contributed by atoms with Crippen LogP contribution in [-0.2, 0) is 0 Å². The van der Waals surface area contributed by atoms with Crippen molar-refractivity contribution in [1.82, 2.24) is 19.8 Å². The van der Waals surface area contributed by atoms with E-state index in [0.717, 1.165) is 55.1 Å². The Morgan fingerprint density at radius 3 is 3.00 bits per heavy atom. The Bertz CT molecular complexity index is 1050. The van der Waals surface area contributed by atoms with Crippen molar-refractivity contribution in [3.05, 3.63) is 71.7 Å². The first-order valence-electron chi connectivity index (χ1n) is 10.9. The minimum absolute atomic E-state index is 0.0269. The van der Waals surface area contributed by atoms with Gasteiger partial charge in [-0.2, -0.15) is 0 Å². The lowest BCUT2D eigenvalue weighted by Crippen LogP contribution is -2.58. The Kier molecular flexibility index (Phi) is 5.38. The number of hydrogen-bond donors (Lipinski definition) is 2. The molecule has 2 unspecified atom stereocenters. The van der Waals surface area contributed by atoms with E-state index in [-0.39, 0.29) is 18.0 Å². The van der Waals surface area contributed by atoms with E-state index in [2.05, 4.69) is 40.4 Å². The molecular weight excluding hydrogens is 395 g/mol. The van der Waals surface area contributed by atoms with Crippen molar-refractivity contribution in [3.63, 3.8) is 0 Å². The van der Waals surface area contributed by atoms with Crippen LogP contribution in [-0.4, -0.2) is 44.8 Å². The number of benzene rings is 1. The summed E-state index contributed by atoms with van der Waals surface area (Å²) in [5.74, 6) is 1.12. The average Bonchev–Trinajstić information content (AvgIpc) is 2.97. The summed E-state index contributed by atoms with van der Waals surface area (Å²) in [4.78, 5) is 6.85. The molecule has 1 aromatic heterocycles. The molecule has 3 heterocycles. The van der Waals surface area contributed by atoms with Crippen LogP contribution in [0.1, 0.15) is 43.9 Å². The fourth-order valence-electron chi connectivity index (χ4n) is 4.29. The van der Waals surface area contributed by atoms with E-state index < -0.39 is 6.23 Å². The molecule has 5 rings (SSSR count). The quantitative estimate of drug-likeness (QED) is 0.770. The van der Waals surface area contributed by atoms with Gasteiger partial charge in [-0.15, -0.1) is 0 Å². The topological polar surface area (TPSA) is 62.5 Å². The number of hydrogen-bond acceptors (Lipinski definition) is 5. The molecule has 2 atom stereocenters. The number of halogens is 1. The second-order valence-electron chi connectivity index (χ2n) is 8.33. The van der Waals surface area contributed by atoms with Gasteiger partial charge in [0.15, 0.2) is 6.23 Å². The lowest BCUT2D eigenvalue weighted by molar-refractivity contribution is 0.000114. The number of aliphatic hydroxyl groups is 1. The lowest BCUT2D eigenvalue weighted by atomic mass is 10.1. The first-order valence-corrected chi connectivity index (χ1v) is 10.9. The number of ether oxygens (including phenoxy) is 1. The standard InChI is InChI=1S/C24H27FN4O2/c1-16(28-13-20(14-28)31-19-10-6-9-18(25)11-19)21-15-29-22(24(30)27-21)12-26-23(29)17-7-4-2-3-5-8-17/h4,6-12,15-16,20,24,27,30H,2-3,5,13-14H2,1H3. The SMILES string of the molecule is CC(C1=Cn2c(cnc2C2=CCCCC=C2)C(O)N1)N1CC(Oc2cccc(F)c2)C1. The molecule has 0 spiro atoms. The number of nitrogens with one attached hydrogen (secondary N) is 1. The predicted octanol–water partition coefficient (Wildman–Crippen LogP) is 3.69. The molecule has 7 heteroatoms. The van der Waals surface area contributed by atoms with Crippen LogP contribution in [0.15, 0.2) is 54.4 Å². The van der Waals surface area contributed by atoms with Gasteiger partial charge in [0.1, 0.15) is 23.5 Å². The van der Waals surface area contributed by atoms with Crippen molar-refractivity contribution in [2.24, 2.45) is 0 Å². The Balaban J connectivity index is 1.30. The maximum atomic E-state index is 13.4. The Hall–Kier alpha value is -2.90. The van der Waals surface area contributed by atoms with E-state index in [1.54, 1.807) is 18.3 Å². The molecule has 1 aliphatic carbocycles. The molecule has 0 saturated carbocycles. The number of imidazole rings is 1. The van der Waals surface area contributed by atoms with Crippen LogP contribution < -0.4 is 10.1 Å². The Morgan fingerprint density at radius 2 is 2.16 bits per heavy atom. The summed E-state index contributed by atoms with van der Waals surface area (Å²) in [5, 5.41) is 13.9. The smallest absolute Gasteiger partial charge is 0.167 e. The summed E-state index contributed by atoms with van der Waals surface area (Å²) in [7, 11) is 0. The number of likely N-dealkylation sites (tertiary alicyclic amines) is 1. The van der Waals surface area contributed by atoms with E-state index >= 15 is 0 Å². The maximum Gasteiger partial charge on any atom is 0.167 e. The second-order valence-corrected chi connectivity index (χ2v) is 8.33. The van der Waals surface area contributed by atoms with Crippen molar-refractivity contribution in [2.75, 3.05) is 13.1 Å². The van der Waals surface area contributed by atoms with Gasteiger partial charge in [-0.05, 0) is 38.3 Å². The number of allylic oxidation sites excluding steroid dienone is 4. The number of fused-ring (bicyclic) bond motifs is 1. The van der Waals surface area contributed by atoms with Gasteiger partial charge in [-0.1, -0.05) is 24.3 Å². The minimum atomic E-state index is -0.806. The number of aromatic nitrogens is 2. The molecule has 3 aliphatic rings. The third-order valence-corrected chi connectivity index (χ3v) is 6.14. The van der Waals surface area contributed by atoms with Crippen LogP contribution in [0.5, 0.6) is 5.75 Å². The van der Waals surface area contributed by atoms with Crippen LogP contribution in [0, 0.1) is 5.82 Å². The van der Waals surface area contributed by atoms with Crippen molar-refractivity contribution in [1.29, 1.82) is 0 Å². The highest BCUT2D eigenvalue weighted by atomic mass is 19.1. The molecule has 2 aliphatic heterocycles. The summed E-state index contributed by atoms with van der Waals surface area (Å²) in [6.45, 7) is 3.59. The first kappa shape index (κ1) is 20.0. The Morgan fingerprint density at radius 1 is 1.29 bits per heavy atom. The zero-order valence-electron chi connectivity index (χ0n) is 17.5. The third kappa shape index (κ3) is 4.03. The monoisotopic (exact) mass is 422 g/mol. The number of aliphatic hydroxyl groups excluding tert-OH is 1. The third-order valence-electron chi connectivity index (χ3n) is 6.14. The average molecular weight is 423 g/mol. The van der Waals surface area contributed by atoms with E-state index in [4.69, 9.17) is 4.74 Å². The van der Waals surface area contributed by atoms with Gasteiger partial charge in [0.2, 0.25) is 0 Å².